The van der Waals surface area contributed by atoms with E-state index >= 15 is 0 Å². The van der Waals surface area contributed by atoms with Crippen LogP contribution in [-0.4, -0.2) is 34.9 Å². The lowest BCUT2D eigenvalue weighted by Gasteiger charge is -2.08. The molecule has 0 saturated heterocycles. The Morgan fingerprint density at radius 3 is 2.44 bits per heavy atom. The van der Waals surface area contributed by atoms with E-state index in [4.69, 9.17) is 0 Å². The summed E-state index contributed by atoms with van der Waals surface area (Å²) in [5.41, 5.74) is 5.24. The minimum atomic E-state index is -0.333. The van der Waals surface area contributed by atoms with Crippen LogP contribution in [0.5, 0.6) is 0 Å². The predicted octanol–water partition coefficient (Wildman–Crippen LogP) is 4.54. The Labute approximate surface area is 195 Å². The zero-order valence-corrected chi connectivity index (χ0v) is 18.3. The molecule has 0 aliphatic heterocycles. The Hall–Kier alpha value is -4.39. The highest BCUT2D eigenvalue weighted by atomic mass is 19.1. The van der Waals surface area contributed by atoms with E-state index < -0.39 is 0 Å². The number of H-pyrrole nitrogens is 2. The molecule has 0 bridgehead atoms. The molecule has 0 spiro atoms. The Balaban J connectivity index is 1.18. The average Bonchev–Trinajstić information content (AvgIpc) is 3.47. The second-order valence-electron chi connectivity index (χ2n) is 8.11. The van der Waals surface area contributed by atoms with Crippen molar-refractivity contribution in [2.24, 2.45) is 0 Å². The standard InChI is InChI=1S/C27H23FN4O2/c28-20-8-5-17(6-9-20)23-15-31-25-10-7-18(13-22(23)25)27(34)32-16-26(33)29-12-11-19-14-30-24-4-2-1-3-21(19)24/h1-10,13-15,30-31H,11-12,16H2,(H,29,33)(H,32,34). The van der Waals surface area contributed by atoms with Crippen LogP contribution >= 0.6 is 0 Å². The highest BCUT2D eigenvalue weighted by molar-refractivity contribution is 6.03. The Morgan fingerprint density at radius 2 is 1.59 bits per heavy atom. The number of halogens is 1. The van der Waals surface area contributed by atoms with Gasteiger partial charge in [-0.15, -0.1) is 0 Å². The van der Waals surface area contributed by atoms with Crippen molar-refractivity contribution in [2.45, 2.75) is 6.42 Å². The van der Waals surface area contributed by atoms with Crippen molar-refractivity contribution in [3.8, 4) is 11.1 Å². The van der Waals surface area contributed by atoms with Gasteiger partial charge < -0.3 is 20.6 Å². The van der Waals surface area contributed by atoms with Crippen LogP contribution in [0.25, 0.3) is 32.9 Å². The van der Waals surface area contributed by atoms with Crippen molar-refractivity contribution in [3.05, 3.63) is 96.1 Å². The number of benzene rings is 3. The fourth-order valence-corrected chi connectivity index (χ4v) is 4.13. The molecule has 0 unspecified atom stereocenters. The first-order valence-electron chi connectivity index (χ1n) is 11.1. The Morgan fingerprint density at radius 1 is 0.824 bits per heavy atom. The third-order valence-corrected chi connectivity index (χ3v) is 5.90. The van der Waals surface area contributed by atoms with Crippen molar-refractivity contribution in [3.63, 3.8) is 0 Å². The molecule has 0 saturated carbocycles. The van der Waals surface area contributed by atoms with Crippen molar-refractivity contribution < 1.29 is 14.0 Å². The molecule has 6 nitrogen and oxygen atoms in total. The minimum absolute atomic E-state index is 0.108. The van der Waals surface area contributed by atoms with E-state index in [1.165, 1.54) is 12.1 Å². The molecular formula is C27H23FN4O2. The first kappa shape index (κ1) is 21.5. The van der Waals surface area contributed by atoms with E-state index in [1.54, 1.807) is 24.3 Å². The van der Waals surface area contributed by atoms with Crippen LogP contribution in [0.15, 0.2) is 79.1 Å². The minimum Gasteiger partial charge on any atom is -0.361 e. The largest absolute Gasteiger partial charge is 0.361 e. The van der Waals surface area contributed by atoms with Crippen LogP contribution in [0.3, 0.4) is 0 Å². The van der Waals surface area contributed by atoms with E-state index in [9.17, 15) is 14.0 Å². The van der Waals surface area contributed by atoms with Gasteiger partial charge in [0.2, 0.25) is 5.91 Å². The molecule has 5 aromatic rings. The number of aromatic amines is 2. The molecule has 0 aliphatic rings. The first-order valence-corrected chi connectivity index (χ1v) is 11.1. The van der Waals surface area contributed by atoms with Gasteiger partial charge in [0.25, 0.3) is 5.91 Å². The zero-order valence-electron chi connectivity index (χ0n) is 18.3. The van der Waals surface area contributed by atoms with Gasteiger partial charge in [0, 0.05) is 51.9 Å². The van der Waals surface area contributed by atoms with Gasteiger partial charge in [-0.05, 0) is 53.9 Å². The number of amides is 2. The summed E-state index contributed by atoms with van der Waals surface area (Å²) >= 11 is 0. The number of aromatic nitrogens is 2. The molecule has 3 aromatic carbocycles. The van der Waals surface area contributed by atoms with Crippen LogP contribution in [-0.2, 0) is 11.2 Å². The van der Waals surface area contributed by atoms with Gasteiger partial charge in [-0.2, -0.15) is 0 Å². The van der Waals surface area contributed by atoms with Crippen molar-refractivity contribution >= 4 is 33.6 Å². The maximum Gasteiger partial charge on any atom is 0.251 e. The molecule has 7 heteroatoms. The third-order valence-electron chi connectivity index (χ3n) is 5.90. The van der Waals surface area contributed by atoms with Gasteiger partial charge in [0.1, 0.15) is 5.82 Å². The fraction of sp³-hybridized carbons (Fsp3) is 0.111. The molecule has 0 fully saturated rings. The molecule has 0 aliphatic carbocycles. The van der Waals surface area contributed by atoms with E-state index in [2.05, 4.69) is 20.6 Å². The monoisotopic (exact) mass is 454 g/mol. The zero-order chi connectivity index (χ0) is 23.5. The van der Waals surface area contributed by atoms with Gasteiger partial charge in [0.15, 0.2) is 0 Å². The van der Waals surface area contributed by atoms with Crippen LogP contribution in [0.2, 0.25) is 0 Å². The molecule has 2 amide bonds. The summed E-state index contributed by atoms with van der Waals surface area (Å²) in [5, 5.41) is 7.52. The summed E-state index contributed by atoms with van der Waals surface area (Å²) in [4.78, 5) is 31.3. The summed E-state index contributed by atoms with van der Waals surface area (Å²) < 4.78 is 13.3. The molecule has 2 aromatic heterocycles. The Bertz CT molecular complexity index is 1480. The van der Waals surface area contributed by atoms with Crippen LogP contribution in [0.4, 0.5) is 4.39 Å². The maximum atomic E-state index is 13.3. The number of carbonyl (C=O) groups is 2. The topological polar surface area (TPSA) is 89.8 Å². The van der Waals surface area contributed by atoms with Crippen molar-refractivity contribution in [1.29, 1.82) is 0 Å². The van der Waals surface area contributed by atoms with E-state index in [-0.39, 0.29) is 24.2 Å². The average molecular weight is 455 g/mol. The molecule has 4 N–H and O–H groups in total. The number of rotatable bonds is 7. The summed E-state index contributed by atoms with van der Waals surface area (Å²) in [6.07, 6.45) is 4.48. The molecule has 5 rings (SSSR count). The second kappa shape index (κ2) is 9.23. The summed E-state index contributed by atoms with van der Waals surface area (Å²) in [5.74, 6) is -0.883. The number of hydrogen-bond donors (Lipinski definition) is 4. The van der Waals surface area contributed by atoms with Gasteiger partial charge >= 0.3 is 0 Å². The normalized spacial score (nSPS) is 11.1. The van der Waals surface area contributed by atoms with E-state index in [0.29, 0.717) is 18.5 Å². The van der Waals surface area contributed by atoms with Gasteiger partial charge in [-0.3, -0.25) is 9.59 Å². The lowest BCUT2D eigenvalue weighted by atomic mass is 10.0. The van der Waals surface area contributed by atoms with Crippen LogP contribution < -0.4 is 10.6 Å². The number of nitrogens with one attached hydrogen (secondary N) is 4. The number of hydrogen-bond acceptors (Lipinski definition) is 2. The molecular weight excluding hydrogens is 431 g/mol. The molecule has 170 valence electrons. The maximum absolute atomic E-state index is 13.3. The van der Waals surface area contributed by atoms with E-state index in [0.717, 1.165) is 38.5 Å². The summed E-state index contributed by atoms with van der Waals surface area (Å²) in [6, 6.07) is 19.5. The third kappa shape index (κ3) is 4.41. The van der Waals surface area contributed by atoms with Gasteiger partial charge in [-0.25, -0.2) is 4.39 Å². The fourth-order valence-electron chi connectivity index (χ4n) is 4.13. The molecule has 0 atom stereocenters. The number of fused-ring (bicyclic) bond motifs is 2. The highest BCUT2D eigenvalue weighted by Gasteiger charge is 2.12. The van der Waals surface area contributed by atoms with Crippen LogP contribution in [0, 0.1) is 5.82 Å². The lowest BCUT2D eigenvalue weighted by Crippen LogP contribution is -2.37. The van der Waals surface area contributed by atoms with E-state index in [1.807, 2.05) is 42.7 Å². The van der Waals surface area contributed by atoms with Crippen LogP contribution in [0.1, 0.15) is 15.9 Å². The number of para-hydroxylation sites is 1. The Kier molecular flexibility index (Phi) is 5.82. The van der Waals surface area contributed by atoms with Crippen molar-refractivity contribution in [1.82, 2.24) is 20.6 Å². The SMILES string of the molecule is O=C(CNC(=O)c1ccc2[nH]cc(-c3ccc(F)cc3)c2c1)NCCc1c[nH]c2ccccc12. The quantitative estimate of drug-likeness (QED) is 0.291. The smallest absolute Gasteiger partial charge is 0.251 e. The summed E-state index contributed by atoms with van der Waals surface area (Å²) in [7, 11) is 0. The van der Waals surface area contributed by atoms with Crippen molar-refractivity contribution in [2.75, 3.05) is 13.1 Å². The van der Waals surface area contributed by atoms with Gasteiger partial charge in [0.05, 0.1) is 6.54 Å². The predicted molar refractivity (Wildman–Crippen MR) is 131 cm³/mol. The highest BCUT2D eigenvalue weighted by Crippen LogP contribution is 2.29. The summed E-state index contributed by atoms with van der Waals surface area (Å²) in [6.45, 7) is 0.371. The number of carbonyl (C=O) groups excluding carboxylic acids is 2. The lowest BCUT2D eigenvalue weighted by molar-refractivity contribution is -0.120. The molecule has 34 heavy (non-hydrogen) atoms. The first-order chi connectivity index (χ1) is 16.6. The molecule has 2 heterocycles. The second-order valence-corrected chi connectivity index (χ2v) is 8.11. The molecule has 0 radical (unpaired) electrons. The van der Waals surface area contributed by atoms with Gasteiger partial charge in [-0.1, -0.05) is 30.3 Å².